The molecule has 0 unspecified atom stereocenters. The first-order chi connectivity index (χ1) is 9.86. The van der Waals surface area contributed by atoms with Gasteiger partial charge in [-0.1, -0.05) is 0 Å². The van der Waals surface area contributed by atoms with Crippen molar-refractivity contribution in [3.63, 3.8) is 0 Å². The first kappa shape index (κ1) is 14.1. The molecular formula is C14H19N3O4. The molecule has 114 valence electrons. The third-order valence-electron chi connectivity index (χ3n) is 4.65. The molecule has 7 nitrogen and oxygen atoms in total. The summed E-state index contributed by atoms with van der Waals surface area (Å²) in [6.07, 6.45) is 3.41. The third-order valence-corrected chi connectivity index (χ3v) is 4.65. The molecule has 1 aliphatic heterocycles. The van der Waals surface area contributed by atoms with Gasteiger partial charge < -0.3 is 26.0 Å². The van der Waals surface area contributed by atoms with Crippen molar-refractivity contribution in [1.82, 2.24) is 10.3 Å². The molecule has 1 saturated heterocycles. The van der Waals surface area contributed by atoms with E-state index in [1.165, 1.54) is 0 Å². The van der Waals surface area contributed by atoms with Crippen molar-refractivity contribution < 1.29 is 19.7 Å². The minimum absolute atomic E-state index is 0.329. The lowest BCUT2D eigenvalue weighted by Gasteiger charge is -2.47. The fraction of sp³-hybridized carbons (Fsp3) is 0.571. The Hall–Kier alpha value is -1.86. The molecule has 1 aromatic heterocycles. The molecule has 21 heavy (non-hydrogen) atoms. The second kappa shape index (κ2) is 4.57. The molecule has 3 rings (SSSR count). The van der Waals surface area contributed by atoms with Gasteiger partial charge in [-0.3, -0.25) is 4.98 Å². The summed E-state index contributed by atoms with van der Waals surface area (Å²) in [6, 6.07) is 1.16. The van der Waals surface area contributed by atoms with Gasteiger partial charge in [-0.25, -0.2) is 4.79 Å². The Labute approximate surface area is 122 Å². The summed E-state index contributed by atoms with van der Waals surface area (Å²) in [5.74, 6) is 0. The van der Waals surface area contributed by atoms with E-state index in [1.807, 2.05) is 0 Å². The quantitative estimate of drug-likeness (QED) is 0.647. The first-order valence-corrected chi connectivity index (χ1v) is 6.95. The number of nitrogens with two attached hydrogens (primary N) is 1. The minimum Gasteiger partial charge on any atom is -0.465 e. The van der Waals surface area contributed by atoms with Crippen LogP contribution in [0.1, 0.15) is 37.9 Å². The van der Waals surface area contributed by atoms with E-state index in [2.05, 4.69) is 10.3 Å². The number of hydrogen-bond acceptors (Lipinski definition) is 5. The number of pyridine rings is 1. The molecule has 1 amide bonds. The summed E-state index contributed by atoms with van der Waals surface area (Å²) in [5.41, 5.74) is 5.29. The lowest BCUT2D eigenvalue weighted by molar-refractivity contribution is -0.200. The zero-order valence-electron chi connectivity index (χ0n) is 11.7. The van der Waals surface area contributed by atoms with Crippen LogP contribution in [0, 0.1) is 0 Å². The number of carboxylic acid groups (broad SMARTS) is 1. The van der Waals surface area contributed by atoms with E-state index in [9.17, 15) is 9.90 Å². The normalized spacial score (nSPS) is 33.6. The van der Waals surface area contributed by atoms with Crippen molar-refractivity contribution in [1.29, 1.82) is 0 Å². The van der Waals surface area contributed by atoms with Gasteiger partial charge in [0.1, 0.15) is 5.60 Å². The molecule has 1 saturated carbocycles. The summed E-state index contributed by atoms with van der Waals surface area (Å²) >= 11 is 0. The van der Waals surface area contributed by atoms with Gasteiger partial charge in [0.15, 0.2) is 0 Å². The predicted molar refractivity (Wildman–Crippen MR) is 74.6 cm³/mol. The number of amides is 1. The maximum Gasteiger partial charge on any atom is 0.404 e. The van der Waals surface area contributed by atoms with Crippen molar-refractivity contribution in [2.24, 2.45) is 0 Å². The van der Waals surface area contributed by atoms with Crippen LogP contribution < -0.4 is 11.1 Å². The molecule has 2 heterocycles. The van der Waals surface area contributed by atoms with Crippen molar-refractivity contribution in [2.45, 2.75) is 49.5 Å². The Morgan fingerprint density at radius 2 is 2.29 bits per heavy atom. The number of carbonyl (C=O) groups is 1. The molecule has 1 aromatic rings. The Morgan fingerprint density at radius 1 is 1.57 bits per heavy atom. The van der Waals surface area contributed by atoms with Gasteiger partial charge in [0, 0.05) is 18.2 Å². The summed E-state index contributed by atoms with van der Waals surface area (Å²) < 4.78 is 6.09. The van der Waals surface area contributed by atoms with Gasteiger partial charge in [0.05, 0.1) is 29.6 Å². The number of nitrogens with one attached hydrogen (secondary N) is 1. The summed E-state index contributed by atoms with van der Waals surface area (Å²) in [4.78, 5) is 14.9. The number of hydrogen-bond donors (Lipinski definition) is 4. The fourth-order valence-electron chi connectivity index (χ4n) is 3.19. The van der Waals surface area contributed by atoms with Crippen LogP contribution in [0.4, 0.5) is 10.5 Å². The van der Waals surface area contributed by atoms with E-state index in [-0.39, 0.29) is 6.10 Å². The highest BCUT2D eigenvalue weighted by atomic mass is 16.5. The topological polar surface area (TPSA) is 118 Å². The maximum atomic E-state index is 11.0. The zero-order valence-corrected chi connectivity index (χ0v) is 11.7. The minimum atomic E-state index is -1.23. The van der Waals surface area contributed by atoms with Crippen LogP contribution in [0.25, 0.3) is 0 Å². The second-order valence-electron chi connectivity index (χ2n) is 5.99. The van der Waals surface area contributed by atoms with Crippen LogP contribution >= 0.6 is 0 Å². The second-order valence-corrected chi connectivity index (χ2v) is 5.99. The van der Waals surface area contributed by atoms with E-state index in [0.29, 0.717) is 24.9 Å². The van der Waals surface area contributed by atoms with Crippen LogP contribution in [-0.2, 0) is 4.74 Å². The number of nitrogens with zero attached hydrogens (tertiary/aromatic N) is 1. The average Bonchev–Trinajstić information content (AvgIpc) is 3.17. The number of ether oxygens (including phenoxy) is 1. The van der Waals surface area contributed by atoms with Gasteiger partial charge >= 0.3 is 6.09 Å². The van der Waals surface area contributed by atoms with E-state index < -0.39 is 23.3 Å². The van der Waals surface area contributed by atoms with Crippen molar-refractivity contribution in [2.75, 3.05) is 5.73 Å². The van der Waals surface area contributed by atoms with E-state index in [4.69, 9.17) is 15.6 Å². The van der Waals surface area contributed by atoms with Crippen molar-refractivity contribution in [3.8, 4) is 0 Å². The van der Waals surface area contributed by atoms with Crippen LogP contribution in [0.5, 0.6) is 0 Å². The van der Waals surface area contributed by atoms with Crippen LogP contribution in [0.3, 0.4) is 0 Å². The monoisotopic (exact) mass is 293 g/mol. The predicted octanol–water partition coefficient (Wildman–Crippen LogP) is 1.04. The maximum absolute atomic E-state index is 11.0. The van der Waals surface area contributed by atoms with E-state index in [0.717, 1.165) is 5.56 Å². The Morgan fingerprint density at radius 3 is 2.86 bits per heavy atom. The molecule has 5 N–H and O–H groups in total. The highest BCUT2D eigenvalue weighted by Gasteiger charge is 2.65. The van der Waals surface area contributed by atoms with E-state index in [1.54, 1.807) is 25.4 Å². The highest BCUT2D eigenvalue weighted by molar-refractivity contribution is 5.65. The lowest BCUT2D eigenvalue weighted by atomic mass is 9.80. The highest BCUT2D eigenvalue weighted by Crippen LogP contribution is 2.57. The molecule has 3 atom stereocenters. The SMILES string of the molecule is C[C@]1(O)[C@H](NC(=O)O)C[C@H](c2ccncc2N)OC12CC2. The average molecular weight is 293 g/mol. The molecule has 0 bridgehead atoms. The lowest BCUT2D eigenvalue weighted by Crippen LogP contribution is -2.63. The molecule has 0 aromatic carbocycles. The number of rotatable bonds is 2. The molecule has 2 fully saturated rings. The Kier molecular flexibility index (Phi) is 3.07. The Bertz CT molecular complexity index is 571. The number of nitrogen functional groups attached to an aromatic ring is 1. The smallest absolute Gasteiger partial charge is 0.404 e. The summed E-state index contributed by atoms with van der Waals surface area (Å²) in [5, 5.41) is 22.1. The van der Waals surface area contributed by atoms with Gasteiger partial charge in [0.25, 0.3) is 0 Å². The standard InChI is InChI=1S/C14H19N3O4/c1-13(20)11(17-12(18)19)6-10(21-14(13)3-4-14)8-2-5-16-7-9(8)15/h2,5,7,10-11,17,20H,3-4,6,15H2,1H3,(H,18,19)/t10-,11-,13+/m1/s1. The van der Waals surface area contributed by atoms with Crippen LogP contribution in [-0.4, -0.2) is 38.5 Å². The van der Waals surface area contributed by atoms with Gasteiger partial charge in [-0.15, -0.1) is 0 Å². The van der Waals surface area contributed by atoms with Crippen LogP contribution in [0.15, 0.2) is 18.5 Å². The molecule has 0 radical (unpaired) electrons. The largest absolute Gasteiger partial charge is 0.465 e. The first-order valence-electron chi connectivity index (χ1n) is 6.95. The molecule has 1 spiro atoms. The zero-order chi connectivity index (χ0) is 15.3. The van der Waals surface area contributed by atoms with Crippen molar-refractivity contribution in [3.05, 3.63) is 24.0 Å². The molecule has 1 aliphatic carbocycles. The summed E-state index contributed by atoms with van der Waals surface area (Å²) in [6.45, 7) is 1.63. The van der Waals surface area contributed by atoms with Gasteiger partial charge in [0.2, 0.25) is 0 Å². The number of anilines is 1. The Balaban J connectivity index is 1.92. The summed E-state index contributed by atoms with van der Waals surface area (Å²) in [7, 11) is 0. The van der Waals surface area contributed by atoms with Gasteiger partial charge in [-0.05, 0) is 25.8 Å². The van der Waals surface area contributed by atoms with Crippen LogP contribution in [0.2, 0.25) is 0 Å². The molecular weight excluding hydrogens is 274 g/mol. The number of aliphatic hydroxyl groups is 1. The fourth-order valence-corrected chi connectivity index (χ4v) is 3.19. The third kappa shape index (κ3) is 2.22. The number of aromatic nitrogens is 1. The van der Waals surface area contributed by atoms with Gasteiger partial charge in [-0.2, -0.15) is 0 Å². The van der Waals surface area contributed by atoms with Crippen molar-refractivity contribution >= 4 is 11.8 Å². The molecule has 2 aliphatic rings. The molecule has 7 heteroatoms. The van der Waals surface area contributed by atoms with E-state index >= 15 is 0 Å².